The van der Waals surface area contributed by atoms with Crippen LogP contribution in [0.1, 0.15) is 18.9 Å². The van der Waals surface area contributed by atoms with Gasteiger partial charge in [-0.25, -0.2) is 0 Å². The Morgan fingerprint density at radius 3 is 2.54 bits per heavy atom. The van der Waals surface area contributed by atoms with E-state index in [1.165, 1.54) is 6.92 Å². The van der Waals surface area contributed by atoms with Gasteiger partial charge in [-0.3, -0.25) is 14.5 Å². The zero-order valence-electron chi connectivity index (χ0n) is 17.0. The quantitative estimate of drug-likeness (QED) is 0.636. The number of hydrogen-bond donors (Lipinski definition) is 1. The number of nitrogens with one attached hydrogen (secondary N) is 1. The number of benzene rings is 1. The van der Waals surface area contributed by atoms with Crippen molar-refractivity contribution >= 4 is 11.8 Å². The van der Waals surface area contributed by atoms with Crippen molar-refractivity contribution in [1.82, 2.24) is 15.1 Å². The van der Waals surface area contributed by atoms with Crippen LogP contribution in [0, 0.1) is 0 Å². The molecule has 1 heterocycles. The van der Waals surface area contributed by atoms with Gasteiger partial charge in [0.25, 0.3) is 0 Å². The Bertz CT molecular complexity index is 647. The number of carbonyl (C=O) groups excluding carboxylic acids is 2. The van der Waals surface area contributed by atoms with Gasteiger partial charge >= 0.3 is 0 Å². The van der Waals surface area contributed by atoms with Crippen LogP contribution < -0.4 is 14.8 Å². The van der Waals surface area contributed by atoms with E-state index in [-0.39, 0.29) is 18.2 Å². The van der Waals surface area contributed by atoms with Crippen molar-refractivity contribution in [3.63, 3.8) is 0 Å². The molecule has 1 fully saturated rings. The molecule has 0 atom stereocenters. The first kappa shape index (κ1) is 22.0. The van der Waals surface area contributed by atoms with Gasteiger partial charge in [-0.15, -0.1) is 0 Å². The highest BCUT2D eigenvalue weighted by atomic mass is 16.5. The molecule has 0 bridgehead atoms. The molecule has 1 N–H and O–H groups in total. The molecule has 8 nitrogen and oxygen atoms in total. The van der Waals surface area contributed by atoms with Gasteiger partial charge in [0.15, 0.2) is 11.5 Å². The number of amides is 2. The number of morpholine rings is 1. The fourth-order valence-electron chi connectivity index (χ4n) is 3.05. The minimum absolute atomic E-state index is 0.0492. The molecule has 1 aliphatic heterocycles. The average Bonchev–Trinajstić information content (AvgIpc) is 2.71. The fraction of sp³-hybridized carbons (Fsp3) is 0.600. The summed E-state index contributed by atoms with van der Waals surface area (Å²) >= 11 is 0. The lowest BCUT2D eigenvalue weighted by Gasteiger charge is -2.26. The van der Waals surface area contributed by atoms with E-state index >= 15 is 0 Å². The second-order valence-electron chi connectivity index (χ2n) is 6.68. The van der Waals surface area contributed by atoms with Crippen LogP contribution >= 0.6 is 0 Å². The minimum Gasteiger partial charge on any atom is -0.493 e. The first-order chi connectivity index (χ1) is 13.5. The first-order valence-electron chi connectivity index (χ1n) is 9.56. The molecular weight excluding hydrogens is 362 g/mol. The Labute approximate surface area is 166 Å². The summed E-state index contributed by atoms with van der Waals surface area (Å²) in [5.74, 6) is 1.13. The van der Waals surface area contributed by atoms with Crippen LogP contribution in [0.4, 0.5) is 0 Å². The maximum atomic E-state index is 12.1. The van der Waals surface area contributed by atoms with E-state index in [0.29, 0.717) is 31.1 Å². The Balaban J connectivity index is 1.78. The van der Waals surface area contributed by atoms with Gasteiger partial charge in [0.05, 0.1) is 27.4 Å². The highest BCUT2D eigenvalue weighted by molar-refractivity contribution is 5.78. The molecule has 0 spiro atoms. The van der Waals surface area contributed by atoms with E-state index in [0.717, 1.165) is 38.4 Å². The molecule has 28 heavy (non-hydrogen) atoms. The van der Waals surface area contributed by atoms with Crippen LogP contribution in [0.15, 0.2) is 18.2 Å². The summed E-state index contributed by atoms with van der Waals surface area (Å²) in [5.41, 5.74) is 0.917. The third-order valence-corrected chi connectivity index (χ3v) is 4.73. The molecule has 0 aromatic heterocycles. The monoisotopic (exact) mass is 393 g/mol. The standard InChI is InChI=1S/C20H31N3O5/c1-16(24)23(15-17-4-5-18(26-2)19(14-17)27-3)8-6-20(25)21-7-9-22-10-12-28-13-11-22/h4-5,14H,6-13,15H2,1-3H3,(H,21,25). The number of carbonyl (C=O) groups is 2. The summed E-state index contributed by atoms with van der Waals surface area (Å²) in [6.45, 7) is 7.01. The van der Waals surface area contributed by atoms with Crippen molar-refractivity contribution in [2.45, 2.75) is 19.9 Å². The van der Waals surface area contributed by atoms with E-state index in [1.54, 1.807) is 19.1 Å². The van der Waals surface area contributed by atoms with Gasteiger partial charge in [-0.2, -0.15) is 0 Å². The number of ether oxygens (including phenoxy) is 3. The third-order valence-electron chi connectivity index (χ3n) is 4.73. The summed E-state index contributed by atoms with van der Waals surface area (Å²) in [4.78, 5) is 28.0. The Kier molecular flexibility index (Phi) is 9.03. The molecule has 8 heteroatoms. The second-order valence-corrected chi connectivity index (χ2v) is 6.68. The fourth-order valence-corrected chi connectivity index (χ4v) is 3.05. The summed E-state index contributed by atoms with van der Waals surface area (Å²) in [6.07, 6.45) is 0.274. The van der Waals surface area contributed by atoms with E-state index in [1.807, 2.05) is 18.2 Å². The molecule has 0 saturated carbocycles. The number of methoxy groups -OCH3 is 2. The van der Waals surface area contributed by atoms with Gasteiger partial charge < -0.3 is 24.4 Å². The largest absolute Gasteiger partial charge is 0.493 e. The summed E-state index contributed by atoms with van der Waals surface area (Å²) in [6, 6.07) is 5.54. The zero-order valence-corrected chi connectivity index (χ0v) is 17.0. The van der Waals surface area contributed by atoms with E-state index in [2.05, 4.69) is 10.2 Å². The van der Waals surface area contributed by atoms with Crippen molar-refractivity contribution < 1.29 is 23.8 Å². The van der Waals surface area contributed by atoms with Crippen LogP contribution in [-0.2, 0) is 20.9 Å². The number of rotatable bonds is 10. The molecule has 2 rings (SSSR count). The molecule has 1 aromatic carbocycles. The predicted octanol–water partition coefficient (Wildman–Crippen LogP) is 0.891. The van der Waals surface area contributed by atoms with Crippen LogP contribution in [0.25, 0.3) is 0 Å². The maximum Gasteiger partial charge on any atom is 0.221 e. The SMILES string of the molecule is COc1ccc(CN(CCC(=O)NCCN2CCOCC2)C(C)=O)cc1OC. The Morgan fingerprint density at radius 2 is 1.89 bits per heavy atom. The predicted molar refractivity (Wildman–Crippen MR) is 106 cm³/mol. The summed E-state index contributed by atoms with van der Waals surface area (Å²) in [7, 11) is 3.16. The molecule has 0 radical (unpaired) electrons. The topological polar surface area (TPSA) is 80.3 Å². The molecular formula is C20H31N3O5. The van der Waals surface area contributed by atoms with Crippen molar-refractivity contribution in [3.05, 3.63) is 23.8 Å². The van der Waals surface area contributed by atoms with Gasteiger partial charge in [0.2, 0.25) is 11.8 Å². The van der Waals surface area contributed by atoms with Crippen molar-refractivity contribution in [2.24, 2.45) is 0 Å². The lowest BCUT2D eigenvalue weighted by Crippen LogP contribution is -2.41. The van der Waals surface area contributed by atoms with Gasteiger partial charge in [0, 0.05) is 52.6 Å². The van der Waals surface area contributed by atoms with Crippen LogP contribution in [0.5, 0.6) is 11.5 Å². The lowest BCUT2D eigenvalue weighted by molar-refractivity contribution is -0.130. The van der Waals surface area contributed by atoms with Crippen LogP contribution in [0.2, 0.25) is 0 Å². The van der Waals surface area contributed by atoms with Crippen molar-refractivity contribution in [3.8, 4) is 11.5 Å². The average molecular weight is 393 g/mol. The Morgan fingerprint density at radius 1 is 1.18 bits per heavy atom. The molecule has 0 unspecified atom stereocenters. The molecule has 0 aliphatic carbocycles. The van der Waals surface area contributed by atoms with Gasteiger partial charge in [-0.05, 0) is 17.7 Å². The summed E-state index contributed by atoms with van der Waals surface area (Å²) in [5, 5.41) is 2.93. The zero-order chi connectivity index (χ0) is 20.4. The van der Waals surface area contributed by atoms with Crippen molar-refractivity contribution in [1.29, 1.82) is 0 Å². The number of hydrogen-bond acceptors (Lipinski definition) is 6. The highest BCUT2D eigenvalue weighted by Crippen LogP contribution is 2.28. The molecule has 1 saturated heterocycles. The minimum atomic E-state index is -0.0732. The third kappa shape index (κ3) is 7.01. The normalized spacial score (nSPS) is 14.4. The lowest BCUT2D eigenvalue weighted by atomic mass is 10.1. The Hall–Kier alpha value is -2.32. The smallest absolute Gasteiger partial charge is 0.221 e. The van der Waals surface area contributed by atoms with Crippen molar-refractivity contribution in [2.75, 3.05) is 60.2 Å². The molecule has 156 valence electrons. The van der Waals surface area contributed by atoms with Crippen LogP contribution in [0.3, 0.4) is 0 Å². The van der Waals surface area contributed by atoms with E-state index in [4.69, 9.17) is 14.2 Å². The molecule has 2 amide bonds. The highest BCUT2D eigenvalue weighted by Gasteiger charge is 2.14. The maximum absolute atomic E-state index is 12.1. The number of nitrogens with zero attached hydrogens (tertiary/aromatic N) is 2. The second kappa shape index (κ2) is 11.5. The first-order valence-corrected chi connectivity index (χ1v) is 9.56. The van der Waals surface area contributed by atoms with E-state index < -0.39 is 0 Å². The van der Waals surface area contributed by atoms with Gasteiger partial charge in [0.1, 0.15) is 0 Å². The van der Waals surface area contributed by atoms with Crippen LogP contribution in [-0.4, -0.2) is 81.8 Å². The summed E-state index contributed by atoms with van der Waals surface area (Å²) < 4.78 is 15.9. The molecule has 1 aliphatic rings. The van der Waals surface area contributed by atoms with Gasteiger partial charge in [-0.1, -0.05) is 6.07 Å². The molecule has 1 aromatic rings. The van der Waals surface area contributed by atoms with E-state index in [9.17, 15) is 9.59 Å².